The van der Waals surface area contributed by atoms with Crippen LogP contribution in [0.25, 0.3) is 0 Å². The number of likely N-dealkylation sites (N-methyl/N-ethyl adjacent to an activating group) is 1. The van der Waals surface area contributed by atoms with E-state index in [1.54, 1.807) is 0 Å². The highest BCUT2D eigenvalue weighted by molar-refractivity contribution is 6.30. The third kappa shape index (κ3) is 4.66. The Labute approximate surface area is 110 Å². The molecular weight excluding hydrogens is 232 g/mol. The predicted molar refractivity (Wildman–Crippen MR) is 75.6 cm³/mol. The van der Waals surface area contributed by atoms with Crippen molar-refractivity contribution in [2.45, 2.75) is 32.4 Å². The van der Waals surface area contributed by atoms with E-state index in [0.29, 0.717) is 12.1 Å². The van der Waals surface area contributed by atoms with Crippen molar-refractivity contribution in [2.75, 3.05) is 20.6 Å². The fourth-order valence-electron chi connectivity index (χ4n) is 1.69. The molecule has 0 aromatic heterocycles. The van der Waals surface area contributed by atoms with Crippen LogP contribution in [0.3, 0.4) is 0 Å². The van der Waals surface area contributed by atoms with Crippen LogP contribution in [0.2, 0.25) is 5.02 Å². The van der Waals surface area contributed by atoms with E-state index in [-0.39, 0.29) is 0 Å². The van der Waals surface area contributed by atoms with E-state index < -0.39 is 0 Å². The molecule has 2 atom stereocenters. The third-order valence-electron chi connectivity index (χ3n) is 3.22. The zero-order chi connectivity index (χ0) is 12.8. The lowest BCUT2D eigenvalue weighted by atomic mass is 10.0. The van der Waals surface area contributed by atoms with Gasteiger partial charge in [-0.05, 0) is 45.1 Å². The molecule has 0 spiro atoms. The molecular formula is C14H23ClN2. The van der Waals surface area contributed by atoms with Crippen molar-refractivity contribution in [1.29, 1.82) is 0 Å². The van der Waals surface area contributed by atoms with Crippen molar-refractivity contribution in [3.63, 3.8) is 0 Å². The van der Waals surface area contributed by atoms with Crippen molar-refractivity contribution in [3.05, 3.63) is 34.9 Å². The van der Waals surface area contributed by atoms with Crippen LogP contribution in [0.4, 0.5) is 0 Å². The van der Waals surface area contributed by atoms with E-state index in [1.165, 1.54) is 5.56 Å². The molecule has 0 radical (unpaired) electrons. The van der Waals surface area contributed by atoms with E-state index >= 15 is 0 Å². The van der Waals surface area contributed by atoms with Gasteiger partial charge in [-0.2, -0.15) is 0 Å². The van der Waals surface area contributed by atoms with Gasteiger partial charge in [-0.3, -0.25) is 0 Å². The van der Waals surface area contributed by atoms with Gasteiger partial charge in [0.05, 0.1) is 0 Å². The van der Waals surface area contributed by atoms with Gasteiger partial charge < -0.3 is 10.2 Å². The summed E-state index contributed by atoms with van der Waals surface area (Å²) in [6, 6.07) is 9.06. The van der Waals surface area contributed by atoms with Crippen molar-refractivity contribution >= 4 is 11.6 Å². The highest BCUT2D eigenvalue weighted by Crippen LogP contribution is 2.19. The maximum absolute atomic E-state index is 5.90. The van der Waals surface area contributed by atoms with Crippen LogP contribution >= 0.6 is 11.6 Å². The Morgan fingerprint density at radius 1 is 1.24 bits per heavy atom. The Hall–Kier alpha value is -0.570. The largest absolute Gasteiger partial charge is 0.308 e. The molecule has 0 bridgehead atoms. The Morgan fingerprint density at radius 2 is 1.82 bits per heavy atom. The highest BCUT2D eigenvalue weighted by atomic mass is 35.5. The molecule has 1 aromatic carbocycles. The van der Waals surface area contributed by atoms with E-state index in [9.17, 15) is 0 Å². The average Bonchev–Trinajstić information content (AvgIpc) is 2.31. The molecule has 0 fully saturated rings. The smallest absolute Gasteiger partial charge is 0.0406 e. The van der Waals surface area contributed by atoms with Gasteiger partial charge in [0.25, 0.3) is 0 Å². The fourth-order valence-corrected chi connectivity index (χ4v) is 1.81. The summed E-state index contributed by atoms with van der Waals surface area (Å²) >= 11 is 5.90. The lowest BCUT2D eigenvalue weighted by Crippen LogP contribution is -2.37. The van der Waals surface area contributed by atoms with Crippen molar-refractivity contribution < 1.29 is 0 Å². The standard InChI is InChI=1S/C14H23ClN2/c1-5-14(16-10-11(2)17(3)4)12-6-8-13(15)9-7-12/h6-9,11,14,16H,5,10H2,1-4H3. The minimum absolute atomic E-state index is 0.412. The summed E-state index contributed by atoms with van der Waals surface area (Å²) in [6.07, 6.45) is 1.09. The number of nitrogens with zero attached hydrogens (tertiary/aromatic N) is 1. The minimum Gasteiger partial charge on any atom is -0.308 e. The van der Waals surface area contributed by atoms with Crippen LogP contribution in [0.15, 0.2) is 24.3 Å². The molecule has 1 aromatic rings. The van der Waals surface area contributed by atoms with Crippen molar-refractivity contribution in [1.82, 2.24) is 10.2 Å². The average molecular weight is 255 g/mol. The summed E-state index contributed by atoms with van der Waals surface area (Å²) < 4.78 is 0. The van der Waals surface area contributed by atoms with Gasteiger partial charge in [-0.1, -0.05) is 30.7 Å². The molecule has 2 unspecified atom stereocenters. The van der Waals surface area contributed by atoms with Crippen molar-refractivity contribution in [3.8, 4) is 0 Å². The first-order valence-electron chi connectivity index (χ1n) is 6.19. The van der Waals surface area contributed by atoms with Gasteiger partial charge in [0.15, 0.2) is 0 Å². The van der Waals surface area contributed by atoms with E-state index in [0.717, 1.165) is 18.0 Å². The Morgan fingerprint density at radius 3 is 2.29 bits per heavy atom. The normalized spacial score (nSPS) is 14.9. The van der Waals surface area contributed by atoms with Gasteiger partial charge in [0.1, 0.15) is 0 Å². The summed E-state index contributed by atoms with van der Waals surface area (Å²) in [4.78, 5) is 2.22. The monoisotopic (exact) mass is 254 g/mol. The van der Waals surface area contributed by atoms with Crippen molar-refractivity contribution in [2.24, 2.45) is 0 Å². The quantitative estimate of drug-likeness (QED) is 0.838. The molecule has 17 heavy (non-hydrogen) atoms. The summed E-state index contributed by atoms with van der Waals surface area (Å²) in [5.41, 5.74) is 1.31. The molecule has 0 aliphatic heterocycles. The van der Waals surface area contributed by atoms with Crippen LogP contribution in [0.1, 0.15) is 31.9 Å². The van der Waals surface area contributed by atoms with E-state index in [4.69, 9.17) is 11.6 Å². The number of rotatable bonds is 6. The SMILES string of the molecule is CCC(NCC(C)N(C)C)c1ccc(Cl)cc1. The number of hydrogen-bond donors (Lipinski definition) is 1. The number of hydrogen-bond acceptors (Lipinski definition) is 2. The zero-order valence-corrected chi connectivity index (χ0v) is 12.0. The van der Waals surface area contributed by atoms with Crippen LogP contribution in [0.5, 0.6) is 0 Å². The van der Waals surface area contributed by atoms with Crippen LogP contribution < -0.4 is 5.32 Å². The first-order valence-corrected chi connectivity index (χ1v) is 6.57. The van der Waals surface area contributed by atoms with Gasteiger partial charge in [-0.25, -0.2) is 0 Å². The van der Waals surface area contributed by atoms with Crippen LogP contribution in [-0.4, -0.2) is 31.6 Å². The minimum atomic E-state index is 0.412. The molecule has 0 saturated carbocycles. The molecule has 0 heterocycles. The van der Waals surface area contributed by atoms with Gasteiger partial charge in [-0.15, -0.1) is 0 Å². The van der Waals surface area contributed by atoms with Crippen LogP contribution in [-0.2, 0) is 0 Å². The summed E-state index contributed by atoms with van der Waals surface area (Å²) in [5.74, 6) is 0. The summed E-state index contributed by atoms with van der Waals surface area (Å²) in [7, 11) is 4.21. The molecule has 0 amide bonds. The second-order valence-electron chi connectivity index (χ2n) is 4.73. The molecule has 0 saturated heterocycles. The lowest BCUT2D eigenvalue weighted by molar-refractivity contribution is 0.292. The predicted octanol–water partition coefficient (Wildman–Crippen LogP) is 3.33. The number of nitrogens with one attached hydrogen (secondary N) is 1. The second kappa shape index (κ2) is 7.00. The topological polar surface area (TPSA) is 15.3 Å². The molecule has 1 N–H and O–H groups in total. The molecule has 0 aliphatic carbocycles. The van der Waals surface area contributed by atoms with Gasteiger partial charge >= 0.3 is 0 Å². The molecule has 0 aliphatic rings. The van der Waals surface area contributed by atoms with E-state index in [2.05, 4.69) is 50.3 Å². The van der Waals surface area contributed by atoms with Crippen LogP contribution in [0, 0.1) is 0 Å². The maximum atomic E-state index is 5.90. The first-order chi connectivity index (χ1) is 8.04. The Balaban J connectivity index is 2.57. The molecule has 2 nitrogen and oxygen atoms in total. The second-order valence-corrected chi connectivity index (χ2v) is 5.17. The summed E-state index contributed by atoms with van der Waals surface area (Å²) in [6.45, 7) is 5.42. The fraction of sp³-hybridized carbons (Fsp3) is 0.571. The molecule has 96 valence electrons. The highest BCUT2D eigenvalue weighted by Gasteiger charge is 2.11. The maximum Gasteiger partial charge on any atom is 0.0406 e. The Bertz CT molecular complexity index is 321. The molecule has 1 rings (SSSR count). The third-order valence-corrected chi connectivity index (χ3v) is 3.47. The summed E-state index contributed by atoms with van der Waals surface area (Å²) in [5, 5.41) is 4.40. The molecule has 3 heteroatoms. The van der Waals surface area contributed by atoms with Gasteiger partial charge in [0, 0.05) is 23.7 Å². The Kier molecular flexibility index (Phi) is 5.96. The number of halogens is 1. The first kappa shape index (κ1) is 14.5. The lowest BCUT2D eigenvalue weighted by Gasteiger charge is -2.24. The van der Waals surface area contributed by atoms with Gasteiger partial charge in [0.2, 0.25) is 0 Å². The van der Waals surface area contributed by atoms with E-state index in [1.807, 2.05) is 12.1 Å². The number of benzene rings is 1. The zero-order valence-electron chi connectivity index (χ0n) is 11.2.